The van der Waals surface area contributed by atoms with E-state index in [1.807, 2.05) is 53.4 Å². The Labute approximate surface area is 157 Å². The minimum absolute atomic E-state index is 0.113. The molecule has 1 amide bonds. The number of aromatic nitrogens is 2. The van der Waals surface area contributed by atoms with Crippen LogP contribution in [0.4, 0.5) is 0 Å². The van der Waals surface area contributed by atoms with Crippen molar-refractivity contribution in [3.8, 4) is 0 Å². The summed E-state index contributed by atoms with van der Waals surface area (Å²) in [4.78, 5) is 21.9. The van der Waals surface area contributed by atoms with Crippen molar-refractivity contribution in [3.63, 3.8) is 0 Å². The molecule has 0 spiro atoms. The minimum atomic E-state index is -0.389. The summed E-state index contributed by atoms with van der Waals surface area (Å²) in [5.74, 6) is -0.389. The van der Waals surface area contributed by atoms with E-state index in [2.05, 4.69) is 9.97 Å². The molecule has 2 heterocycles. The standard InChI is InChI=1S/C20H19ClN4O/c21-18-3-1-2-17(12-18)20(16-6-10-24-11-7-16)25(14-19(22)26)13-15-4-8-23-9-5-15/h1-12,20H,13-14H2,(H2,22,26). The molecule has 26 heavy (non-hydrogen) atoms. The summed E-state index contributed by atoms with van der Waals surface area (Å²) < 4.78 is 0. The third-order valence-corrected chi connectivity index (χ3v) is 4.28. The molecular weight excluding hydrogens is 348 g/mol. The Morgan fingerprint density at radius 3 is 2.27 bits per heavy atom. The SMILES string of the molecule is NC(=O)CN(Cc1ccncc1)C(c1ccncc1)c1cccc(Cl)c1. The highest BCUT2D eigenvalue weighted by Crippen LogP contribution is 2.31. The van der Waals surface area contributed by atoms with Gasteiger partial charge in [0, 0.05) is 36.4 Å². The van der Waals surface area contributed by atoms with Crippen molar-refractivity contribution in [1.29, 1.82) is 0 Å². The van der Waals surface area contributed by atoms with Crippen LogP contribution in [-0.4, -0.2) is 27.3 Å². The maximum absolute atomic E-state index is 11.8. The number of carbonyl (C=O) groups is 1. The number of carbonyl (C=O) groups excluding carboxylic acids is 1. The first-order valence-corrected chi connectivity index (χ1v) is 8.58. The van der Waals surface area contributed by atoms with E-state index in [0.29, 0.717) is 11.6 Å². The maximum atomic E-state index is 11.8. The molecule has 0 bridgehead atoms. The van der Waals surface area contributed by atoms with Crippen LogP contribution in [0.1, 0.15) is 22.7 Å². The highest BCUT2D eigenvalue weighted by Gasteiger charge is 2.24. The Bertz CT molecular complexity index is 858. The van der Waals surface area contributed by atoms with Crippen LogP contribution in [0.2, 0.25) is 5.02 Å². The van der Waals surface area contributed by atoms with Gasteiger partial charge in [0.15, 0.2) is 0 Å². The fourth-order valence-electron chi connectivity index (χ4n) is 3.00. The van der Waals surface area contributed by atoms with Crippen LogP contribution in [0, 0.1) is 0 Å². The van der Waals surface area contributed by atoms with Gasteiger partial charge in [-0.15, -0.1) is 0 Å². The second-order valence-electron chi connectivity index (χ2n) is 5.96. The Kier molecular flexibility index (Phi) is 5.94. The number of rotatable bonds is 7. The predicted molar refractivity (Wildman–Crippen MR) is 101 cm³/mol. The second-order valence-corrected chi connectivity index (χ2v) is 6.40. The number of benzene rings is 1. The van der Waals surface area contributed by atoms with Crippen LogP contribution >= 0.6 is 11.6 Å². The van der Waals surface area contributed by atoms with Crippen molar-refractivity contribution in [2.45, 2.75) is 12.6 Å². The Morgan fingerprint density at radius 1 is 1.00 bits per heavy atom. The number of pyridine rings is 2. The largest absolute Gasteiger partial charge is 0.369 e. The molecule has 0 radical (unpaired) electrons. The number of nitrogens with zero attached hydrogens (tertiary/aromatic N) is 3. The maximum Gasteiger partial charge on any atom is 0.231 e. The lowest BCUT2D eigenvalue weighted by molar-refractivity contribution is -0.119. The highest BCUT2D eigenvalue weighted by atomic mass is 35.5. The lowest BCUT2D eigenvalue weighted by atomic mass is 9.97. The van der Waals surface area contributed by atoms with Crippen molar-refractivity contribution in [2.75, 3.05) is 6.54 Å². The van der Waals surface area contributed by atoms with Crippen LogP contribution < -0.4 is 5.73 Å². The summed E-state index contributed by atoms with van der Waals surface area (Å²) in [5, 5.41) is 0.643. The Balaban J connectivity index is 2.04. The lowest BCUT2D eigenvalue weighted by Crippen LogP contribution is -2.37. The van der Waals surface area contributed by atoms with Gasteiger partial charge in [-0.3, -0.25) is 19.7 Å². The van der Waals surface area contributed by atoms with E-state index in [9.17, 15) is 4.79 Å². The van der Waals surface area contributed by atoms with Crippen LogP contribution in [0.3, 0.4) is 0 Å². The molecule has 132 valence electrons. The number of hydrogen-bond acceptors (Lipinski definition) is 4. The topological polar surface area (TPSA) is 72.1 Å². The van der Waals surface area contributed by atoms with Crippen LogP contribution in [0.15, 0.2) is 73.3 Å². The molecule has 0 aliphatic heterocycles. The molecule has 5 nitrogen and oxygen atoms in total. The number of primary amides is 1. The minimum Gasteiger partial charge on any atom is -0.369 e. The van der Waals surface area contributed by atoms with Crippen LogP contribution in [-0.2, 0) is 11.3 Å². The first-order chi connectivity index (χ1) is 12.6. The van der Waals surface area contributed by atoms with Crippen molar-refractivity contribution in [2.24, 2.45) is 5.73 Å². The zero-order chi connectivity index (χ0) is 18.4. The molecule has 3 rings (SSSR count). The summed E-state index contributed by atoms with van der Waals surface area (Å²) in [6.07, 6.45) is 6.95. The van der Waals surface area contributed by atoms with Gasteiger partial charge in [-0.25, -0.2) is 0 Å². The predicted octanol–water partition coefficient (Wildman–Crippen LogP) is 3.21. The number of amides is 1. The van der Waals surface area contributed by atoms with Gasteiger partial charge >= 0.3 is 0 Å². The van der Waals surface area contributed by atoms with E-state index < -0.39 is 0 Å². The second kappa shape index (κ2) is 8.56. The summed E-state index contributed by atoms with van der Waals surface area (Å²) in [6, 6.07) is 15.2. The van der Waals surface area contributed by atoms with Gasteiger partial charge < -0.3 is 5.73 Å². The first kappa shape index (κ1) is 18.0. The molecule has 0 fully saturated rings. The quantitative estimate of drug-likeness (QED) is 0.697. The third kappa shape index (κ3) is 4.65. The first-order valence-electron chi connectivity index (χ1n) is 8.20. The van der Waals surface area contributed by atoms with Crippen LogP contribution in [0.5, 0.6) is 0 Å². The molecule has 2 N–H and O–H groups in total. The van der Waals surface area contributed by atoms with E-state index >= 15 is 0 Å². The third-order valence-electron chi connectivity index (χ3n) is 4.05. The molecule has 3 aromatic rings. The summed E-state index contributed by atoms with van der Waals surface area (Å²) in [5.41, 5.74) is 8.58. The van der Waals surface area contributed by atoms with Gasteiger partial charge in [0.25, 0.3) is 0 Å². The monoisotopic (exact) mass is 366 g/mol. The van der Waals surface area contributed by atoms with E-state index in [-0.39, 0.29) is 18.5 Å². The summed E-state index contributed by atoms with van der Waals surface area (Å²) in [7, 11) is 0. The van der Waals surface area contributed by atoms with E-state index in [1.165, 1.54) is 0 Å². The molecule has 0 saturated heterocycles. The Hall–Kier alpha value is -2.76. The molecule has 1 unspecified atom stereocenters. The molecule has 6 heteroatoms. The van der Waals surface area contributed by atoms with Crippen molar-refractivity contribution >= 4 is 17.5 Å². The molecule has 1 aromatic carbocycles. The molecule has 0 aliphatic carbocycles. The lowest BCUT2D eigenvalue weighted by Gasteiger charge is -2.31. The molecular formula is C20H19ClN4O. The molecule has 2 aromatic heterocycles. The fourth-order valence-corrected chi connectivity index (χ4v) is 3.20. The van der Waals surface area contributed by atoms with E-state index in [0.717, 1.165) is 16.7 Å². The van der Waals surface area contributed by atoms with Crippen molar-refractivity contribution in [1.82, 2.24) is 14.9 Å². The van der Waals surface area contributed by atoms with Gasteiger partial charge in [-0.2, -0.15) is 0 Å². The number of hydrogen-bond donors (Lipinski definition) is 1. The summed E-state index contributed by atoms with van der Waals surface area (Å²) >= 11 is 6.22. The summed E-state index contributed by atoms with van der Waals surface area (Å²) in [6.45, 7) is 0.660. The van der Waals surface area contributed by atoms with E-state index in [4.69, 9.17) is 17.3 Å². The average molecular weight is 367 g/mol. The zero-order valence-electron chi connectivity index (χ0n) is 14.1. The van der Waals surface area contributed by atoms with Gasteiger partial charge in [0.2, 0.25) is 5.91 Å². The molecule has 1 atom stereocenters. The van der Waals surface area contributed by atoms with Gasteiger partial charge in [0.05, 0.1) is 12.6 Å². The number of halogens is 1. The van der Waals surface area contributed by atoms with Crippen LogP contribution in [0.25, 0.3) is 0 Å². The average Bonchev–Trinajstić information content (AvgIpc) is 2.63. The van der Waals surface area contributed by atoms with Crippen molar-refractivity contribution in [3.05, 3.63) is 95.0 Å². The molecule has 0 aliphatic rings. The smallest absolute Gasteiger partial charge is 0.231 e. The van der Waals surface area contributed by atoms with Gasteiger partial charge in [-0.1, -0.05) is 23.7 Å². The normalized spacial score (nSPS) is 12.1. The zero-order valence-corrected chi connectivity index (χ0v) is 14.9. The van der Waals surface area contributed by atoms with Gasteiger partial charge in [-0.05, 0) is 53.1 Å². The fraction of sp³-hybridized carbons (Fsp3) is 0.150. The van der Waals surface area contributed by atoms with Crippen molar-refractivity contribution < 1.29 is 4.79 Å². The number of nitrogens with two attached hydrogens (primary N) is 1. The van der Waals surface area contributed by atoms with E-state index in [1.54, 1.807) is 24.8 Å². The van der Waals surface area contributed by atoms with Gasteiger partial charge in [0.1, 0.15) is 0 Å². The Morgan fingerprint density at radius 2 is 1.65 bits per heavy atom. The highest BCUT2D eigenvalue weighted by molar-refractivity contribution is 6.30. The molecule has 0 saturated carbocycles.